The summed E-state index contributed by atoms with van der Waals surface area (Å²) in [4.78, 5) is 14.3. The molecule has 0 atom stereocenters. The molecule has 2 aromatic carbocycles. The molecule has 5 heteroatoms. The number of anilines is 1. The van der Waals surface area contributed by atoms with E-state index in [1.165, 1.54) is 0 Å². The molecule has 0 radical (unpaired) electrons. The summed E-state index contributed by atoms with van der Waals surface area (Å²) in [5, 5.41) is 2.96. The maximum Gasteiger partial charge on any atom is 0.222 e. The number of hydrogen-bond donors (Lipinski definition) is 1. The quantitative estimate of drug-likeness (QED) is 0.760. The van der Waals surface area contributed by atoms with E-state index in [1.807, 2.05) is 36.4 Å². The van der Waals surface area contributed by atoms with Crippen molar-refractivity contribution < 1.29 is 14.3 Å². The third-order valence-corrected chi connectivity index (χ3v) is 4.05. The Bertz CT molecular complexity index is 674. The molecule has 0 fully saturated rings. The van der Waals surface area contributed by atoms with Gasteiger partial charge in [-0.3, -0.25) is 4.79 Å². The first-order valence-electron chi connectivity index (χ1n) is 8.45. The smallest absolute Gasteiger partial charge is 0.222 e. The van der Waals surface area contributed by atoms with Gasteiger partial charge in [0.2, 0.25) is 5.91 Å². The van der Waals surface area contributed by atoms with Gasteiger partial charge in [-0.05, 0) is 36.8 Å². The average molecular weight is 342 g/mol. The summed E-state index contributed by atoms with van der Waals surface area (Å²) >= 11 is 0. The highest BCUT2D eigenvalue weighted by Crippen LogP contribution is 2.27. The number of ether oxygens (including phenoxy) is 2. The first kappa shape index (κ1) is 18.6. The van der Waals surface area contributed by atoms with Crippen LogP contribution in [-0.4, -0.2) is 33.2 Å². The molecule has 0 aliphatic rings. The van der Waals surface area contributed by atoms with E-state index in [1.54, 1.807) is 14.2 Å². The monoisotopic (exact) mass is 342 g/mol. The number of benzene rings is 2. The average Bonchev–Trinajstić information content (AvgIpc) is 2.67. The van der Waals surface area contributed by atoms with Crippen LogP contribution in [0, 0.1) is 0 Å². The van der Waals surface area contributed by atoms with Crippen molar-refractivity contribution in [3.8, 4) is 11.5 Å². The van der Waals surface area contributed by atoms with E-state index in [0.717, 1.165) is 17.8 Å². The van der Waals surface area contributed by atoms with Crippen LogP contribution in [0.15, 0.2) is 48.5 Å². The minimum Gasteiger partial charge on any atom is -0.493 e. The van der Waals surface area contributed by atoms with Crippen LogP contribution in [0.1, 0.15) is 18.9 Å². The zero-order valence-corrected chi connectivity index (χ0v) is 15.1. The van der Waals surface area contributed by atoms with E-state index in [2.05, 4.69) is 29.3 Å². The molecule has 0 unspecified atom stereocenters. The second-order valence-electron chi connectivity index (χ2n) is 5.63. The molecular weight excluding hydrogens is 316 g/mol. The Morgan fingerprint density at radius 2 is 1.76 bits per heavy atom. The minimum absolute atomic E-state index is 0.0316. The Hall–Kier alpha value is -2.69. The van der Waals surface area contributed by atoms with Gasteiger partial charge in [0, 0.05) is 31.7 Å². The lowest BCUT2D eigenvalue weighted by molar-refractivity contribution is -0.121. The molecule has 0 bridgehead atoms. The van der Waals surface area contributed by atoms with Gasteiger partial charge >= 0.3 is 0 Å². The summed E-state index contributed by atoms with van der Waals surface area (Å²) in [6.07, 6.45) is 0.454. The van der Waals surface area contributed by atoms with E-state index in [9.17, 15) is 4.79 Å². The lowest BCUT2D eigenvalue weighted by atomic mass is 10.2. The molecule has 0 heterocycles. The highest BCUT2D eigenvalue weighted by molar-refractivity contribution is 5.76. The number of nitrogens with zero attached hydrogens (tertiary/aromatic N) is 1. The van der Waals surface area contributed by atoms with Crippen LogP contribution >= 0.6 is 0 Å². The molecule has 0 aromatic heterocycles. The molecule has 2 rings (SSSR count). The van der Waals surface area contributed by atoms with Crippen LogP contribution in [-0.2, 0) is 11.3 Å². The second-order valence-corrected chi connectivity index (χ2v) is 5.63. The third kappa shape index (κ3) is 5.41. The van der Waals surface area contributed by atoms with Crippen molar-refractivity contribution in [3.63, 3.8) is 0 Å². The van der Waals surface area contributed by atoms with Crippen molar-refractivity contribution in [3.05, 3.63) is 54.1 Å². The van der Waals surface area contributed by atoms with E-state index in [0.29, 0.717) is 31.0 Å². The Morgan fingerprint density at radius 3 is 2.40 bits per heavy atom. The van der Waals surface area contributed by atoms with Gasteiger partial charge in [0.25, 0.3) is 0 Å². The Balaban J connectivity index is 1.84. The summed E-state index contributed by atoms with van der Waals surface area (Å²) in [7, 11) is 3.20. The van der Waals surface area contributed by atoms with Gasteiger partial charge in [-0.2, -0.15) is 0 Å². The van der Waals surface area contributed by atoms with Crippen LogP contribution in [0.3, 0.4) is 0 Å². The fourth-order valence-corrected chi connectivity index (χ4v) is 2.62. The number of methoxy groups -OCH3 is 2. The molecule has 1 N–H and O–H groups in total. The van der Waals surface area contributed by atoms with Crippen molar-refractivity contribution >= 4 is 11.6 Å². The topological polar surface area (TPSA) is 50.8 Å². The number of hydrogen-bond acceptors (Lipinski definition) is 4. The van der Waals surface area contributed by atoms with Crippen LogP contribution in [0.2, 0.25) is 0 Å². The molecule has 134 valence electrons. The summed E-state index contributed by atoms with van der Waals surface area (Å²) < 4.78 is 10.5. The molecule has 0 aliphatic carbocycles. The van der Waals surface area contributed by atoms with Crippen LogP contribution in [0.4, 0.5) is 5.69 Å². The number of para-hydroxylation sites is 1. The first-order chi connectivity index (χ1) is 12.2. The normalized spacial score (nSPS) is 10.2. The molecule has 1 amide bonds. The lowest BCUT2D eigenvalue weighted by Crippen LogP contribution is -2.30. The van der Waals surface area contributed by atoms with E-state index >= 15 is 0 Å². The van der Waals surface area contributed by atoms with Gasteiger partial charge in [-0.1, -0.05) is 24.3 Å². The Kier molecular flexibility index (Phi) is 7.14. The highest BCUT2D eigenvalue weighted by atomic mass is 16.5. The molecule has 2 aromatic rings. The Labute approximate surface area is 149 Å². The number of rotatable bonds is 9. The van der Waals surface area contributed by atoms with E-state index < -0.39 is 0 Å². The van der Waals surface area contributed by atoms with Crippen molar-refractivity contribution in [2.45, 2.75) is 19.9 Å². The lowest BCUT2D eigenvalue weighted by Gasteiger charge is -2.22. The Morgan fingerprint density at radius 1 is 1.04 bits per heavy atom. The molecule has 5 nitrogen and oxygen atoms in total. The van der Waals surface area contributed by atoms with Crippen molar-refractivity contribution in [2.75, 3.05) is 32.2 Å². The molecular formula is C20H26N2O3. The van der Waals surface area contributed by atoms with E-state index in [-0.39, 0.29) is 5.91 Å². The summed E-state index contributed by atoms with van der Waals surface area (Å²) in [6, 6.07) is 15.8. The summed E-state index contributed by atoms with van der Waals surface area (Å²) in [5.41, 5.74) is 2.11. The molecule has 0 aliphatic heterocycles. The fourth-order valence-electron chi connectivity index (χ4n) is 2.62. The maximum atomic E-state index is 12.2. The van der Waals surface area contributed by atoms with Gasteiger partial charge in [0.05, 0.1) is 14.2 Å². The minimum atomic E-state index is 0.0316. The molecule has 25 heavy (non-hydrogen) atoms. The zero-order chi connectivity index (χ0) is 18.1. The first-order valence-corrected chi connectivity index (χ1v) is 8.45. The number of nitrogens with one attached hydrogen (secondary N) is 1. The summed E-state index contributed by atoms with van der Waals surface area (Å²) in [5.74, 6) is 1.37. The molecule has 0 saturated heterocycles. The van der Waals surface area contributed by atoms with Crippen molar-refractivity contribution in [1.29, 1.82) is 0 Å². The van der Waals surface area contributed by atoms with Crippen LogP contribution in [0.25, 0.3) is 0 Å². The fraction of sp³-hybridized carbons (Fsp3) is 0.350. The maximum absolute atomic E-state index is 12.2. The van der Waals surface area contributed by atoms with Crippen LogP contribution < -0.4 is 19.7 Å². The van der Waals surface area contributed by atoms with Gasteiger partial charge in [0.15, 0.2) is 11.5 Å². The van der Waals surface area contributed by atoms with Crippen LogP contribution in [0.5, 0.6) is 11.5 Å². The predicted octanol–water partition coefficient (Wildman–Crippen LogP) is 3.24. The highest BCUT2D eigenvalue weighted by Gasteiger charge is 2.09. The van der Waals surface area contributed by atoms with Gasteiger partial charge in [-0.15, -0.1) is 0 Å². The van der Waals surface area contributed by atoms with Crippen molar-refractivity contribution in [2.24, 2.45) is 0 Å². The largest absolute Gasteiger partial charge is 0.493 e. The van der Waals surface area contributed by atoms with Gasteiger partial charge in [-0.25, -0.2) is 0 Å². The number of carbonyl (C=O) groups excluding carboxylic acids is 1. The SMILES string of the molecule is CCN(CCC(=O)NCc1ccc(OC)c(OC)c1)c1ccccc1. The number of amides is 1. The van der Waals surface area contributed by atoms with Gasteiger partial charge in [0.1, 0.15) is 0 Å². The van der Waals surface area contributed by atoms with Gasteiger partial charge < -0.3 is 19.7 Å². The van der Waals surface area contributed by atoms with E-state index in [4.69, 9.17) is 9.47 Å². The standard InChI is InChI=1S/C20H26N2O3/c1-4-22(17-8-6-5-7-9-17)13-12-20(23)21-15-16-10-11-18(24-2)19(14-16)25-3/h5-11,14H,4,12-13,15H2,1-3H3,(H,21,23). The number of carbonyl (C=O) groups is 1. The molecule has 0 saturated carbocycles. The summed E-state index contributed by atoms with van der Waals surface area (Å²) in [6.45, 7) is 4.12. The molecule has 0 spiro atoms. The predicted molar refractivity (Wildman–Crippen MR) is 100 cm³/mol. The van der Waals surface area contributed by atoms with Crippen molar-refractivity contribution in [1.82, 2.24) is 5.32 Å². The third-order valence-electron chi connectivity index (χ3n) is 4.05. The second kappa shape index (κ2) is 9.57. The zero-order valence-electron chi connectivity index (χ0n) is 15.1.